The van der Waals surface area contributed by atoms with Gasteiger partial charge in [-0.2, -0.15) is 0 Å². The molecular formula is C13H19N5O. The second-order valence-corrected chi connectivity index (χ2v) is 4.73. The van der Waals surface area contributed by atoms with Crippen LogP contribution in [0.1, 0.15) is 6.92 Å². The lowest BCUT2D eigenvalue weighted by Gasteiger charge is -2.19. The topological polar surface area (TPSA) is 87.0 Å². The van der Waals surface area contributed by atoms with Crippen LogP contribution in [-0.2, 0) is 4.79 Å². The first kappa shape index (κ1) is 13.2. The van der Waals surface area contributed by atoms with Gasteiger partial charge >= 0.3 is 0 Å². The lowest BCUT2D eigenvalue weighted by molar-refractivity contribution is -0.123. The zero-order valence-electron chi connectivity index (χ0n) is 11.4. The number of nitrogen functional groups attached to an aromatic ring is 1. The Morgan fingerprint density at radius 2 is 2.32 bits per heavy atom. The number of benzene rings is 1. The summed E-state index contributed by atoms with van der Waals surface area (Å²) >= 11 is 0. The molecule has 1 heterocycles. The Kier molecular flexibility index (Phi) is 3.59. The highest BCUT2D eigenvalue weighted by atomic mass is 16.1. The van der Waals surface area contributed by atoms with Crippen molar-refractivity contribution in [1.82, 2.24) is 15.3 Å². The lowest BCUT2D eigenvalue weighted by atomic mass is 10.1. The number of hydrogen-bond donors (Lipinski definition) is 3. The molecule has 1 aromatic heterocycles. The average molecular weight is 261 g/mol. The molecule has 0 radical (unpaired) electrons. The van der Waals surface area contributed by atoms with E-state index in [1.165, 1.54) is 0 Å². The maximum atomic E-state index is 11.5. The number of fused-ring (bicyclic) bond motifs is 1. The number of anilines is 2. The highest BCUT2D eigenvalue weighted by Crippen LogP contribution is 2.19. The van der Waals surface area contributed by atoms with Crippen LogP contribution in [0.3, 0.4) is 0 Å². The van der Waals surface area contributed by atoms with Gasteiger partial charge in [-0.3, -0.25) is 4.79 Å². The Labute approximate surface area is 112 Å². The number of nitrogens with two attached hydrogens (primary N) is 1. The van der Waals surface area contributed by atoms with Crippen molar-refractivity contribution in [3.05, 3.63) is 18.2 Å². The SMILES string of the molecule is CNC(=O)C(C)CN(C)c1nc2ccc(N)cc2[nH]1. The van der Waals surface area contributed by atoms with Gasteiger partial charge in [0.15, 0.2) is 0 Å². The summed E-state index contributed by atoms with van der Waals surface area (Å²) in [6, 6.07) is 5.54. The predicted molar refractivity (Wildman–Crippen MR) is 77.0 cm³/mol. The summed E-state index contributed by atoms with van der Waals surface area (Å²) in [5, 5.41) is 2.64. The number of hydrogen-bond acceptors (Lipinski definition) is 4. The summed E-state index contributed by atoms with van der Waals surface area (Å²) in [6.45, 7) is 2.48. The van der Waals surface area contributed by atoms with Gasteiger partial charge in [0.1, 0.15) is 0 Å². The summed E-state index contributed by atoms with van der Waals surface area (Å²) in [5.41, 5.74) is 8.19. The molecule has 6 heteroatoms. The van der Waals surface area contributed by atoms with Crippen molar-refractivity contribution >= 4 is 28.6 Å². The monoisotopic (exact) mass is 261 g/mol. The van der Waals surface area contributed by atoms with Crippen molar-refractivity contribution in [2.24, 2.45) is 5.92 Å². The first-order valence-corrected chi connectivity index (χ1v) is 6.19. The number of nitrogens with one attached hydrogen (secondary N) is 2. The normalized spacial score (nSPS) is 12.4. The molecule has 0 saturated heterocycles. The molecular weight excluding hydrogens is 242 g/mol. The molecule has 6 nitrogen and oxygen atoms in total. The van der Waals surface area contributed by atoms with Gasteiger partial charge in [-0.25, -0.2) is 4.98 Å². The maximum Gasteiger partial charge on any atom is 0.224 e. The summed E-state index contributed by atoms with van der Waals surface area (Å²) < 4.78 is 0. The molecule has 1 unspecified atom stereocenters. The molecule has 4 N–H and O–H groups in total. The summed E-state index contributed by atoms with van der Waals surface area (Å²) in [4.78, 5) is 21.1. The van der Waals surface area contributed by atoms with Crippen molar-refractivity contribution < 1.29 is 4.79 Å². The molecule has 19 heavy (non-hydrogen) atoms. The number of aromatic nitrogens is 2. The van der Waals surface area contributed by atoms with Crippen LogP contribution in [0.4, 0.5) is 11.6 Å². The van der Waals surface area contributed by atoms with Crippen LogP contribution in [-0.4, -0.2) is 36.5 Å². The van der Waals surface area contributed by atoms with Crippen LogP contribution in [0.5, 0.6) is 0 Å². The van der Waals surface area contributed by atoms with Crippen LogP contribution >= 0.6 is 0 Å². The summed E-state index contributed by atoms with van der Waals surface area (Å²) in [7, 11) is 3.54. The van der Waals surface area contributed by atoms with Gasteiger partial charge in [0.2, 0.25) is 11.9 Å². The van der Waals surface area contributed by atoms with Crippen LogP contribution in [0.15, 0.2) is 18.2 Å². The minimum absolute atomic E-state index is 0.0206. The van der Waals surface area contributed by atoms with E-state index >= 15 is 0 Å². The third-order valence-corrected chi connectivity index (χ3v) is 3.10. The van der Waals surface area contributed by atoms with E-state index in [1.54, 1.807) is 7.05 Å². The predicted octanol–water partition coefficient (Wildman–Crippen LogP) is 0.963. The Morgan fingerprint density at radius 3 is 3.00 bits per heavy atom. The second-order valence-electron chi connectivity index (χ2n) is 4.73. The van der Waals surface area contributed by atoms with Crippen molar-refractivity contribution in [1.29, 1.82) is 0 Å². The van der Waals surface area contributed by atoms with Gasteiger partial charge < -0.3 is 20.9 Å². The number of carbonyl (C=O) groups excluding carboxylic acids is 1. The molecule has 1 atom stereocenters. The summed E-state index contributed by atoms with van der Waals surface area (Å²) in [6.07, 6.45) is 0. The standard InChI is InChI=1S/C13H19N5O/c1-8(12(19)15-2)7-18(3)13-16-10-5-4-9(14)6-11(10)17-13/h4-6,8H,7,14H2,1-3H3,(H,15,19)(H,16,17). The first-order valence-electron chi connectivity index (χ1n) is 6.19. The lowest BCUT2D eigenvalue weighted by Crippen LogP contribution is -2.34. The molecule has 0 fully saturated rings. The van der Waals surface area contributed by atoms with E-state index in [9.17, 15) is 4.79 Å². The number of rotatable bonds is 4. The fourth-order valence-electron chi connectivity index (χ4n) is 2.02. The smallest absolute Gasteiger partial charge is 0.224 e. The molecule has 102 valence electrons. The molecule has 0 spiro atoms. The van der Waals surface area contributed by atoms with Crippen LogP contribution in [0, 0.1) is 5.92 Å². The molecule has 0 saturated carbocycles. The second kappa shape index (κ2) is 5.17. The number of carbonyl (C=O) groups is 1. The quantitative estimate of drug-likeness (QED) is 0.715. The number of imidazole rings is 1. The largest absolute Gasteiger partial charge is 0.399 e. The molecule has 0 aliphatic carbocycles. The third-order valence-electron chi connectivity index (χ3n) is 3.10. The molecule has 0 aliphatic heterocycles. The fourth-order valence-corrected chi connectivity index (χ4v) is 2.02. The minimum atomic E-state index is -0.103. The first-order chi connectivity index (χ1) is 9.01. The van der Waals surface area contributed by atoms with Crippen LogP contribution in [0.2, 0.25) is 0 Å². The Morgan fingerprint density at radius 1 is 1.58 bits per heavy atom. The maximum absolute atomic E-state index is 11.5. The highest BCUT2D eigenvalue weighted by molar-refractivity contribution is 5.81. The number of H-pyrrole nitrogens is 1. The molecule has 2 aromatic rings. The van der Waals surface area contributed by atoms with E-state index in [-0.39, 0.29) is 11.8 Å². The zero-order chi connectivity index (χ0) is 14.0. The number of aromatic amines is 1. The van der Waals surface area contributed by atoms with Gasteiger partial charge in [-0.15, -0.1) is 0 Å². The number of nitrogens with zero attached hydrogens (tertiary/aromatic N) is 2. The van der Waals surface area contributed by atoms with Crippen LogP contribution < -0.4 is 16.0 Å². The third kappa shape index (κ3) is 2.78. The van der Waals surface area contributed by atoms with Crippen molar-refractivity contribution in [3.8, 4) is 0 Å². The van der Waals surface area contributed by atoms with E-state index < -0.39 is 0 Å². The Bertz CT molecular complexity index is 592. The van der Waals surface area contributed by atoms with Gasteiger partial charge in [-0.1, -0.05) is 6.92 Å². The van der Waals surface area contributed by atoms with E-state index in [0.29, 0.717) is 12.2 Å². The molecule has 2 rings (SSSR count). The number of amides is 1. The van der Waals surface area contributed by atoms with E-state index in [0.717, 1.165) is 17.0 Å². The van der Waals surface area contributed by atoms with E-state index in [4.69, 9.17) is 5.73 Å². The molecule has 1 aromatic carbocycles. The molecule has 0 bridgehead atoms. The zero-order valence-corrected chi connectivity index (χ0v) is 11.4. The summed E-state index contributed by atoms with van der Waals surface area (Å²) in [5.74, 6) is 0.650. The molecule has 1 amide bonds. The fraction of sp³-hybridized carbons (Fsp3) is 0.385. The molecule has 0 aliphatic rings. The van der Waals surface area contributed by atoms with Gasteiger partial charge in [0.25, 0.3) is 0 Å². The average Bonchev–Trinajstić information content (AvgIpc) is 2.80. The highest BCUT2D eigenvalue weighted by Gasteiger charge is 2.15. The van der Waals surface area contributed by atoms with Gasteiger partial charge in [0, 0.05) is 26.3 Å². The van der Waals surface area contributed by atoms with Gasteiger partial charge in [0.05, 0.1) is 17.0 Å². The minimum Gasteiger partial charge on any atom is -0.399 e. The van der Waals surface area contributed by atoms with Crippen LogP contribution in [0.25, 0.3) is 11.0 Å². The van der Waals surface area contributed by atoms with Crippen molar-refractivity contribution in [2.75, 3.05) is 31.3 Å². The van der Waals surface area contributed by atoms with Gasteiger partial charge in [-0.05, 0) is 18.2 Å². The Hall–Kier alpha value is -2.24. The van der Waals surface area contributed by atoms with E-state index in [1.807, 2.05) is 37.1 Å². The Balaban J connectivity index is 2.17. The van der Waals surface area contributed by atoms with E-state index in [2.05, 4.69) is 15.3 Å². The van der Waals surface area contributed by atoms with Crippen molar-refractivity contribution in [3.63, 3.8) is 0 Å². The van der Waals surface area contributed by atoms with Crippen molar-refractivity contribution in [2.45, 2.75) is 6.92 Å².